The number of carbonyl (C=O) groups is 11. The molecule has 4 aliphatic rings. The monoisotopic (exact) mass is 1300 g/mol. The van der Waals surface area contributed by atoms with Gasteiger partial charge < -0.3 is 56.0 Å². The van der Waals surface area contributed by atoms with Crippen LogP contribution >= 0.6 is 11.6 Å². The zero-order valence-electron chi connectivity index (χ0n) is 55.7. The van der Waals surface area contributed by atoms with E-state index < -0.39 is 161 Å². The van der Waals surface area contributed by atoms with Crippen molar-refractivity contribution in [1.82, 2.24) is 56.0 Å². The van der Waals surface area contributed by atoms with E-state index in [2.05, 4.69) is 26.6 Å². The lowest BCUT2D eigenvalue weighted by molar-refractivity contribution is -0.149. The fourth-order valence-electron chi connectivity index (χ4n) is 13.3. The van der Waals surface area contributed by atoms with E-state index in [1.807, 2.05) is 20.8 Å². The first-order chi connectivity index (χ1) is 42.7. The number of hydrogen-bond donors (Lipinski definition) is 5. The Hall–Kier alpha value is -6.53. The largest absolute Gasteiger partial charge is 0.417 e. The van der Waals surface area contributed by atoms with Gasteiger partial charge in [0.2, 0.25) is 65.0 Å². The fraction of sp³-hybridized carbons (Fsp3) is 0.738. The highest BCUT2D eigenvalue weighted by Gasteiger charge is 2.50. The first-order valence-corrected chi connectivity index (χ1v) is 33.0. The Labute approximate surface area is 540 Å². The lowest BCUT2D eigenvalue weighted by atomic mass is 9.84. The molecular weight excluding hydrogens is 1200 g/mol. The summed E-state index contributed by atoms with van der Waals surface area (Å²) < 4.78 is 41.3. The van der Waals surface area contributed by atoms with Crippen molar-refractivity contribution in [2.45, 2.75) is 231 Å². The number of amides is 11. The van der Waals surface area contributed by atoms with Gasteiger partial charge in [-0.3, -0.25) is 52.7 Å². The van der Waals surface area contributed by atoms with Gasteiger partial charge in [0, 0.05) is 54.2 Å². The lowest BCUT2D eigenvalue weighted by Crippen LogP contribution is -2.64. The van der Waals surface area contributed by atoms with Gasteiger partial charge in [-0.15, -0.1) is 0 Å². The third-order valence-electron chi connectivity index (χ3n) is 18.9. The molecule has 5 rings (SSSR count). The Morgan fingerprint density at radius 2 is 1.29 bits per heavy atom. The van der Waals surface area contributed by atoms with Crippen molar-refractivity contribution in [2.75, 3.05) is 54.9 Å². The Kier molecular flexibility index (Phi) is 27.6. The predicted octanol–water partition coefficient (Wildman–Crippen LogP) is 5.60. The van der Waals surface area contributed by atoms with Crippen LogP contribution in [0.4, 0.5) is 13.2 Å². The number of aryl methyl sites for hydroxylation is 1. The van der Waals surface area contributed by atoms with E-state index in [1.165, 1.54) is 60.9 Å². The highest BCUT2D eigenvalue weighted by molar-refractivity contribution is 6.31. The van der Waals surface area contributed by atoms with E-state index in [4.69, 9.17) is 11.6 Å². The molecule has 9 atom stereocenters. The zero-order chi connectivity index (χ0) is 68.0. The zero-order valence-corrected chi connectivity index (χ0v) is 56.5. The summed E-state index contributed by atoms with van der Waals surface area (Å²) >= 11 is 6.11. The Bertz CT molecular complexity index is 2780. The van der Waals surface area contributed by atoms with Crippen molar-refractivity contribution in [1.29, 1.82) is 0 Å². The van der Waals surface area contributed by atoms with Crippen LogP contribution in [0.1, 0.15) is 176 Å². The summed E-state index contributed by atoms with van der Waals surface area (Å²) in [6.07, 6.45) is 2.11. The summed E-state index contributed by atoms with van der Waals surface area (Å²) in [4.78, 5) is 167. The number of hydrogen-bond acceptors (Lipinski definition) is 11. The average Bonchev–Trinajstić information content (AvgIpc) is 1.75. The number of halogens is 4. The molecule has 2 saturated heterocycles. The third-order valence-corrected chi connectivity index (χ3v) is 19.2. The van der Waals surface area contributed by atoms with Crippen LogP contribution in [0.5, 0.6) is 0 Å². The van der Waals surface area contributed by atoms with Gasteiger partial charge in [-0.25, -0.2) is 0 Å². The van der Waals surface area contributed by atoms with Crippen molar-refractivity contribution < 1.29 is 65.9 Å². The van der Waals surface area contributed by atoms with Crippen LogP contribution in [0.25, 0.3) is 0 Å². The van der Waals surface area contributed by atoms with Crippen molar-refractivity contribution >= 4 is 76.6 Å². The predicted molar refractivity (Wildman–Crippen MR) is 337 cm³/mol. The average molecular weight is 1310 g/mol. The molecule has 1 aromatic rings. The molecule has 26 heteroatoms. The van der Waals surface area contributed by atoms with Crippen LogP contribution < -0.4 is 26.6 Å². The molecule has 2 aliphatic carbocycles. The van der Waals surface area contributed by atoms with Gasteiger partial charge in [0.05, 0.1) is 23.7 Å². The van der Waals surface area contributed by atoms with Crippen LogP contribution in [0.15, 0.2) is 18.2 Å². The highest BCUT2D eigenvalue weighted by atomic mass is 35.5. The van der Waals surface area contributed by atoms with E-state index in [0.29, 0.717) is 31.2 Å². The molecule has 4 fully saturated rings. The van der Waals surface area contributed by atoms with E-state index in [0.717, 1.165) is 54.0 Å². The van der Waals surface area contributed by atoms with Gasteiger partial charge >= 0.3 is 6.18 Å². The maximum absolute atomic E-state index is 15.0. The van der Waals surface area contributed by atoms with Crippen LogP contribution in [0.2, 0.25) is 5.02 Å². The number of rotatable bonds is 11. The first kappa shape index (κ1) is 75.2. The first-order valence-electron chi connectivity index (χ1n) is 32.6. The lowest BCUT2D eigenvalue weighted by Gasteiger charge is -2.39. The molecular formula is C65H101ClF3N11O11. The fourth-order valence-corrected chi connectivity index (χ4v) is 13.6. The molecule has 22 nitrogen and oxygen atoms in total. The van der Waals surface area contributed by atoms with E-state index in [-0.39, 0.29) is 76.2 Å². The number of alkyl halides is 3. The van der Waals surface area contributed by atoms with Gasteiger partial charge in [0.15, 0.2) is 0 Å². The molecule has 2 saturated carbocycles. The Morgan fingerprint density at radius 3 is 1.87 bits per heavy atom. The van der Waals surface area contributed by atoms with E-state index >= 15 is 4.79 Å². The van der Waals surface area contributed by atoms with Gasteiger partial charge in [0.1, 0.15) is 47.8 Å². The smallest absolute Gasteiger partial charge is 0.351 e. The Morgan fingerprint density at radius 1 is 0.659 bits per heavy atom. The topological polar surface area (TPSA) is 267 Å². The number of nitrogens with one attached hydrogen (secondary N) is 5. The van der Waals surface area contributed by atoms with Crippen molar-refractivity contribution in [3.8, 4) is 0 Å². The van der Waals surface area contributed by atoms with Crippen LogP contribution in [-0.2, 0) is 65.3 Å². The number of carbonyl (C=O) groups excluding carboxylic acids is 11. The molecule has 2 heterocycles. The Balaban J connectivity index is 1.55. The molecule has 1 aromatic carbocycles. The quantitative estimate of drug-likeness (QED) is 0.182. The van der Waals surface area contributed by atoms with Gasteiger partial charge in [-0.2, -0.15) is 13.2 Å². The second-order valence-electron chi connectivity index (χ2n) is 26.8. The standard InChI is InChI=1S/C65H101ClF3N11O11/c1-14-40(7)54-58(86)72-46(15-2)60(88)76(10)37-53(83)78(12)50(35-42-22-17-16-18-23-42)62(90)75(9)36-51(81)71-47(28-26-43-25-27-44(45(66)34-43)65(67,68)69)61(89)80-31-21-24-48(80)57(85)74-64(29-19-20-30-64)63(91)79(13)55(39(5)6)59(87)70-41(8)33-52(82)77(11)49(32-38(3)4)56(84)73-54/h25,27,34,38-42,46-50,54-55H,14-24,26,28-33,35-37H2,1-13H3,(H,70,87)(H,71,81)(H,72,86)(H,73,84)(H,74,85)/t40-,41+,46-,47-,48-,49-,50-,54-,55-/m0/s1. The summed E-state index contributed by atoms with van der Waals surface area (Å²) in [5.74, 6) is -7.92. The SMILES string of the molecule is CC[C@@H]1NC(=O)[C@H]([C@@H](C)CC)NC(=O)[C@H](CC(C)C)N(C)C(=O)C[C@@H](C)NC(=O)[C@H](C(C)C)N(C)C(=O)C2(CCCC2)NC(=O)[C@@H]2CCCN2C(=O)[C@H](CCc2ccc(C(F)(F)F)c(Cl)c2)NC(=O)CN(C)C(=O)[C@H](CC2CCCCC2)N(C)C(=O)CN(C)C1=O. The number of benzene rings is 1. The third kappa shape index (κ3) is 19.8. The van der Waals surface area contributed by atoms with Crippen LogP contribution in [-0.4, -0.2) is 203 Å². The molecule has 91 heavy (non-hydrogen) atoms. The molecule has 0 unspecified atom stereocenters. The summed E-state index contributed by atoms with van der Waals surface area (Å²) in [6, 6.07) is -5.80. The molecule has 510 valence electrons. The normalized spacial score (nSPS) is 26.9. The van der Waals surface area contributed by atoms with Gasteiger partial charge in [-0.05, 0) is 106 Å². The minimum Gasteiger partial charge on any atom is -0.351 e. The minimum absolute atomic E-state index is 0.0292. The maximum Gasteiger partial charge on any atom is 0.417 e. The molecule has 1 spiro atoms. The second kappa shape index (κ2) is 33.4. The van der Waals surface area contributed by atoms with E-state index in [9.17, 15) is 61.1 Å². The second-order valence-corrected chi connectivity index (χ2v) is 27.2. The number of fused-ring (bicyclic) bond motifs is 1. The molecule has 0 radical (unpaired) electrons. The number of likely N-dealkylation sites (N-methyl/N-ethyl adjacent to an activating group) is 5. The number of nitrogens with zero attached hydrogens (tertiary/aromatic N) is 6. The van der Waals surface area contributed by atoms with Crippen LogP contribution in [0, 0.1) is 23.7 Å². The van der Waals surface area contributed by atoms with Crippen molar-refractivity contribution in [3.05, 3.63) is 34.3 Å². The van der Waals surface area contributed by atoms with Gasteiger partial charge in [-0.1, -0.05) is 118 Å². The minimum atomic E-state index is -4.74. The van der Waals surface area contributed by atoms with Crippen molar-refractivity contribution in [2.24, 2.45) is 23.7 Å². The summed E-state index contributed by atoms with van der Waals surface area (Å²) in [6.45, 7) is 13.1. The molecule has 0 bridgehead atoms. The molecule has 5 N–H and O–H groups in total. The molecule has 0 aromatic heterocycles. The summed E-state index contributed by atoms with van der Waals surface area (Å²) in [7, 11) is 7.16. The highest BCUT2D eigenvalue weighted by Crippen LogP contribution is 2.37. The molecule has 11 amide bonds. The van der Waals surface area contributed by atoms with Gasteiger partial charge in [0.25, 0.3) is 0 Å². The van der Waals surface area contributed by atoms with E-state index in [1.54, 1.807) is 34.6 Å². The maximum atomic E-state index is 15.0. The van der Waals surface area contributed by atoms with Crippen molar-refractivity contribution in [3.63, 3.8) is 0 Å². The molecule has 2 aliphatic heterocycles. The van der Waals surface area contributed by atoms with Crippen LogP contribution in [0.3, 0.4) is 0 Å². The summed E-state index contributed by atoms with van der Waals surface area (Å²) in [5, 5.41) is 13.7. The summed E-state index contributed by atoms with van der Waals surface area (Å²) in [5.41, 5.74) is -2.25.